The molecule has 1 rings (SSSR count). The fraction of sp³-hybridized carbons (Fsp3) is 0.917. The van der Waals surface area contributed by atoms with Crippen molar-refractivity contribution in [2.24, 2.45) is 7.05 Å². The van der Waals surface area contributed by atoms with Gasteiger partial charge in [0, 0.05) is 19.6 Å². The highest BCUT2D eigenvalue weighted by atomic mass is 16.7. The van der Waals surface area contributed by atoms with E-state index in [0.717, 1.165) is 13.0 Å². The number of nitrogens with zero attached hydrogens (tertiary/aromatic N) is 4. The summed E-state index contributed by atoms with van der Waals surface area (Å²) < 4.78 is 11.3. The third-order valence-corrected chi connectivity index (χ3v) is 2.60. The number of hydrogen-bond acceptors (Lipinski definition) is 6. The summed E-state index contributed by atoms with van der Waals surface area (Å²) in [4.78, 5) is 1.46. The van der Waals surface area contributed by atoms with Crippen LogP contribution in [0.15, 0.2) is 0 Å². The lowest BCUT2D eigenvalue weighted by molar-refractivity contribution is -0.153. The highest BCUT2D eigenvalue weighted by Gasteiger charge is 2.23. The van der Waals surface area contributed by atoms with E-state index in [-0.39, 0.29) is 12.3 Å². The van der Waals surface area contributed by atoms with E-state index in [1.165, 1.54) is 4.80 Å². The van der Waals surface area contributed by atoms with E-state index < -0.39 is 0 Å². The van der Waals surface area contributed by atoms with Gasteiger partial charge in [-0.1, -0.05) is 6.92 Å². The maximum absolute atomic E-state index is 5.65. The molecule has 7 nitrogen and oxygen atoms in total. The topological polar surface area (TPSA) is 74.1 Å². The van der Waals surface area contributed by atoms with Crippen LogP contribution in [0.4, 0.5) is 0 Å². The van der Waals surface area contributed by atoms with Crippen molar-refractivity contribution >= 4 is 0 Å². The Morgan fingerprint density at radius 2 is 1.89 bits per heavy atom. The summed E-state index contributed by atoms with van der Waals surface area (Å²) in [5, 5.41) is 15.5. The molecule has 0 saturated carbocycles. The quantitative estimate of drug-likeness (QED) is 0.625. The zero-order chi connectivity index (χ0) is 14.1. The lowest BCUT2D eigenvalue weighted by atomic mass is 10.2. The summed E-state index contributed by atoms with van der Waals surface area (Å²) in [5.41, 5.74) is 0. The van der Waals surface area contributed by atoms with Gasteiger partial charge in [0.2, 0.25) is 0 Å². The first-order valence-electron chi connectivity index (χ1n) is 6.90. The predicted molar refractivity (Wildman–Crippen MR) is 71.6 cm³/mol. The van der Waals surface area contributed by atoms with E-state index in [2.05, 4.69) is 27.7 Å². The first-order valence-corrected chi connectivity index (χ1v) is 6.90. The molecule has 1 unspecified atom stereocenters. The Balaban J connectivity index is 2.67. The van der Waals surface area contributed by atoms with Crippen LogP contribution in [0.2, 0.25) is 0 Å². The number of aromatic nitrogens is 4. The molecule has 0 bridgehead atoms. The van der Waals surface area contributed by atoms with Gasteiger partial charge in [0.1, 0.15) is 0 Å². The van der Waals surface area contributed by atoms with Gasteiger partial charge >= 0.3 is 0 Å². The van der Waals surface area contributed by atoms with Gasteiger partial charge in [-0.05, 0) is 32.0 Å². The largest absolute Gasteiger partial charge is 0.351 e. The minimum atomic E-state index is -0.287. The summed E-state index contributed by atoms with van der Waals surface area (Å²) in [6, 6.07) is 0.0315. The van der Waals surface area contributed by atoms with Gasteiger partial charge < -0.3 is 14.8 Å². The van der Waals surface area contributed by atoms with Gasteiger partial charge in [0.15, 0.2) is 12.1 Å². The molecule has 1 aromatic heterocycles. The van der Waals surface area contributed by atoms with Crippen LogP contribution in [0, 0.1) is 0 Å². The Morgan fingerprint density at radius 1 is 1.21 bits per heavy atom. The zero-order valence-electron chi connectivity index (χ0n) is 12.3. The van der Waals surface area contributed by atoms with Gasteiger partial charge in [-0.3, -0.25) is 0 Å². The average molecular weight is 271 g/mol. The molecule has 1 N–H and O–H groups in total. The first kappa shape index (κ1) is 16.0. The number of ether oxygens (including phenoxy) is 2. The van der Waals surface area contributed by atoms with E-state index in [0.29, 0.717) is 25.5 Å². The Bertz CT molecular complexity index is 339. The Hall–Kier alpha value is -1.05. The summed E-state index contributed by atoms with van der Waals surface area (Å²) in [7, 11) is 1.76. The van der Waals surface area contributed by atoms with Crippen LogP contribution in [-0.2, 0) is 22.9 Å². The predicted octanol–water partition coefficient (Wildman–Crippen LogP) is 0.520. The van der Waals surface area contributed by atoms with Gasteiger partial charge in [0.25, 0.3) is 0 Å². The molecular formula is C12H25N5O2. The van der Waals surface area contributed by atoms with Crippen LogP contribution < -0.4 is 5.32 Å². The Kier molecular flexibility index (Phi) is 7.54. The van der Waals surface area contributed by atoms with Crippen molar-refractivity contribution in [3.05, 3.63) is 5.82 Å². The fourth-order valence-electron chi connectivity index (χ4n) is 1.81. The Labute approximate surface area is 114 Å². The molecule has 0 aromatic carbocycles. The smallest absolute Gasteiger partial charge is 0.176 e. The molecule has 0 aliphatic carbocycles. The van der Waals surface area contributed by atoms with Crippen LogP contribution in [-0.4, -0.2) is 52.3 Å². The number of rotatable bonds is 10. The highest BCUT2D eigenvalue weighted by Crippen LogP contribution is 2.07. The van der Waals surface area contributed by atoms with E-state index in [1.807, 2.05) is 13.8 Å². The number of hydrogen-bond donors (Lipinski definition) is 1. The van der Waals surface area contributed by atoms with Crippen molar-refractivity contribution in [2.75, 3.05) is 19.8 Å². The monoisotopic (exact) mass is 271 g/mol. The van der Waals surface area contributed by atoms with Crippen LogP contribution >= 0.6 is 0 Å². The molecule has 110 valence electrons. The van der Waals surface area contributed by atoms with Crippen molar-refractivity contribution in [3.8, 4) is 0 Å². The second-order valence-corrected chi connectivity index (χ2v) is 4.24. The maximum atomic E-state index is 5.65. The number of tetrazole rings is 1. The standard InChI is InChI=1S/C12H25N5O2/c1-5-8-13-10(12(18-6-2)19-7-3)9-11-14-16-17(4)15-11/h10,12-13H,5-9H2,1-4H3. The van der Waals surface area contributed by atoms with Crippen LogP contribution in [0.25, 0.3) is 0 Å². The van der Waals surface area contributed by atoms with Gasteiger partial charge in [0.05, 0.1) is 13.1 Å². The molecule has 19 heavy (non-hydrogen) atoms. The second-order valence-electron chi connectivity index (χ2n) is 4.24. The lowest BCUT2D eigenvalue weighted by Crippen LogP contribution is -2.45. The molecular weight excluding hydrogens is 246 g/mol. The summed E-state index contributed by atoms with van der Waals surface area (Å²) >= 11 is 0. The molecule has 0 spiro atoms. The fourth-order valence-corrected chi connectivity index (χ4v) is 1.81. The molecule has 0 aliphatic rings. The molecule has 1 atom stereocenters. The zero-order valence-corrected chi connectivity index (χ0v) is 12.3. The lowest BCUT2D eigenvalue weighted by Gasteiger charge is -2.26. The Morgan fingerprint density at radius 3 is 2.37 bits per heavy atom. The van der Waals surface area contributed by atoms with Crippen molar-refractivity contribution in [1.82, 2.24) is 25.5 Å². The third kappa shape index (κ3) is 5.63. The van der Waals surface area contributed by atoms with Crippen molar-refractivity contribution in [2.45, 2.75) is 45.9 Å². The minimum absolute atomic E-state index is 0.0315. The molecule has 0 fully saturated rings. The van der Waals surface area contributed by atoms with Crippen molar-refractivity contribution in [1.29, 1.82) is 0 Å². The molecule has 7 heteroatoms. The molecule has 0 amide bonds. The molecule has 0 aliphatic heterocycles. The van der Waals surface area contributed by atoms with Gasteiger partial charge in [-0.2, -0.15) is 4.80 Å². The second kappa shape index (κ2) is 8.95. The third-order valence-electron chi connectivity index (χ3n) is 2.60. The van der Waals surface area contributed by atoms with Crippen molar-refractivity contribution in [3.63, 3.8) is 0 Å². The number of nitrogens with one attached hydrogen (secondary N) is 1. The van der Waals surface area contributed by atoms with E-state index in [1.54, 1.807) is 7.05 Å². The first-order chi connectivity index (χ1) is 9.21. The molecule has 0 radical (unpaired) electrons. The van der Waals surface area contributed by atoms with Crippen LogP contribution in [0.5, 0.6) is 0 Å². The summed E-state index contributed by atoms with van der Waals surface area (Å²) in [6.45, 7) is 8.18. The van der Waals surface area contributed by atoms with E-state index >= 15 is 0 Å². The van der Waals surface area contributed by atoms with Crippen LogP contribution in [0.3, 0.4) is 0 Å². The molecule has 1 heterocycles. The SMILES string of the molecule is CCCNC(Cc1nnn(C)n1)C(OCC)OCC. The van der Waals surface area contributed by atoms with Gasteiger partial charge in [-0.15, -0.1) is 10.2 Å². The molecule has 0 saturated heterocycles. The summed E-state index contributed by atoms with van der Waals surface area (Å²) in [6.07, 6.45) is 1.40. The number of aryl methyl sites for hydroxylation is 1. The van der Waals surface area contributed by atoms with E-state index in [9.17, 15) is 0 Å². The maximum Gasteiger partial charge on any atom is 0.176 e. The van der Waals surface area contributed by atoms with E-state index in [4.69, 9.17) is 9.47 Å². The van der Waals surface area contributed by atoms with Gasteiger partial charge in [-0.25, -0.2) is 0 Å². The summed E-state index contributed by atoms with van der Waals surface area (Å²) in [5.74, 6) is 0.695. The minimum Gasteiger partial charge on any atom is -0.351 e. The highest BCUT2D eigenvalue weighted by molar-refractivity contribution is 4.86. The molecule has 1 aromatic rings. The average Bonchev–Trinajstić information content (AvgIpc) is 2.80. The normalized spacial score (nSPS) is 13.1. The van der Waals surface area contributed by atoms with Crippen LogP contribution in [0.1, 0.15) is 33.0 Å². The van der Waals surface area contributed by atoms with Crippen molar-refractivity contribution < 1.29 is 9.47 Å².